The number of H-pyrrole nitrogens is 1. The largest absolute Gasteiger partial charge is 0.494 e. The predicted molar refractivity (Wildman–Crippen MR) is 157 cm³/mol. The van der Waals surface area contributed by atoms with Crippen molar-refractivity contribution in [1.29, 1.82) is 0 Å². The summed E-state index contributed by atoms with van der Waals surface area (Å²) in [5, 5.41) is 14.2. The van der Waals surface area contributed by atoms with Crippen LogP contribution in [0.5, 0.6) is 5.75 Å². The van der Waals surface area contributed by atoms with Crippen LogP contribution in [0.1, 0.15) is 41.6 Å². The van der Waals surface area contributed by atoms with Gasteiger partial charge >= 0.3 is 0 Å². The second-order valence-electron chi connectivity index (χ2n) is 10.4. The van der Waals surface area contributed by atoms with Crippen molar-refractivity contribution < 1.29 is 18.7 Å². The molecule has 41 heavy (non-hydrogen) atoms. The lowest BCUT2D eigenvalue weighted by Gasteiger charge is -2.31. The molecule has 2 heterocycles. The number of benzene rings is 3. The highest BCUT2D eigenvalue weighted by atomic mass is 16.5. The average Bonchev–Trinajstić information content (AvgIpc) is 3.46. The van der Waals surface area contributed by atoms with Gasteiger partial charge in [0, 0.05) is 28.6 Å². The molecule has 9 nitrogen and oxygen atoms in total. The quantitative estimate of drug-likeness (QED) is 0.253. The van der Waals surface area contributed by atoms with Crippen LogP contribution >= 0.6 is 0 Å². The molecule has 0 saturated heterocycles. The molecule has 0 radical (unpaired) electrons. The van der Waals surface area contributed by atoms with E-state index in [1.165, 1.54) is 0 Å². The number of rotatable bonds is 6. The van der Waals surface area contributed by atoms with Gasteiger partial charge in [-0.2, -0.15) is 5.10 Å². The van der Waals surface area contributed by atoms with Gasteiger partial charge in [0.1, 0.15) is 11.5 Å². The first-order valence-corrected chi connectivity index (χ1v) is 13.7. The van der Waals surface area contributed by atoms with Gasteiger partial charge in [0.25, 0.3) is 5.91 Å². The number of para-hydroxylation sites is 1. The SMILES string of the molecule is COc1cc2[nH]ncc2cc1NC(=O)[C@H]1CCCC[C@H]1NC(=O)c1cccc2c(=O)c(C)c(-c3ccccc3)oc12. The van der Waals surface area contributed by atoms with Crippen molar-refractivity contribution >= 4 is 39.4 Å². The van der Waals surface area contributed by atoms with E-state index in [4.69, 9.17) is 9.15 Å². The molecule has 0 aliphatic heterocycles. The van der Waals surface area contributed by atoms with Crippen molar-refractivity contribution in [2.75, 3.05) is 12.4 Å². The maximum absolute atomic E-state index is 13.7. The van der Waals surface area contributed by atoms with Gasteiger partial charge in [-0.1, -0.05) is 49.2 Å². The van der Waals surface area contributed by atoms with E-state index >= 15 is 0 Å². The average molecular weight is 551 g/mol. The van der Waals surface area contributed by atoms with Crippen molar-refractivity contribution in [3.63, 3.8) is 0 Å². The summed E-state index contributed by atoms with van der Waals surface area (Å²) in [7, 11) is 1.55. The normalized spacial score (nSPS) is 16.9. The fraction of sp³-hybridized carbons (Fsp3) is 0.250. The molecule has 5 aromatic rings. The molecule has 3 N–H and O–H groups in total. The van der Waals surface area contributed by atoms with E-state index in [0.29, 0.717) is 41.0 Å². The van der Waals surface area contributed by atoms with E-state index in [9.17, 15) is 14.4 Å². The number of carbonyl (C=O) groups excluding carboxylic acids is 2. The molecule has 1 aliphatic rings. The van der Waals surface area contributed by atoms with Crippen molar-refractivity contribution in [3.8, 4) is 17.1 Å². The highest BCUT2D eigenvalue weighted by molar-refractivity contribution is 6.05. The Labute approximate surface area is 235 Å². The van der Waals surface area contributed by atoms with E-state index in [0.717, 1.165) is 29.3 Å². The molecule has 0 bridgehead atoms. The first-order chi connectivity index (χ1) is 19.9. The number of nitrogens with one attached hydrogen (secondary N) is 3. The summed E-state index contributed by atoms with van der Waals surface area (Å²) in [6.07, 6.45) is 4.74. The number of anilines is 1. The van der Waals surface area contributed by atoms with Crippen LogP contribution in [0.15, 0.2) is 76.1 Å². The molecular weight excluding hydrogens is 520 g/mol. The third kappa shape index (κ3) is 4.95. The number of methoxy groups -OCH3 is 1. The first kappa shape index (κ1) is 26.3. The van der Waals surface area contributed by atoms with E-state index in [1.807, 2.05) is 36.4 Å². The number of ether oxygens (including phenoxy) is 1. The monoisotopic (exact) mass is 550 g/mol. The molecule has 208 valence electrons. The number of hydrogen-bond acceptors (Lipinski definition) is 6. The van der Waals surface area contributed by atoms with Crippen LogP contribution in [0.3, 0.4) is 0 Å². The number of hydrogen-bond donors (Lipinski definition) is 3. The second-order valence-corrected chi connectivity index (χ2v) is 10.4. The summed E-state index contributed by atoms with van der Waals surface area (Å²) in [5.74, 6) is -0.0727. The molecule has 0 spiro atoms. The van der Waals surface area contributed by atoms with Gasteiger partial charge in [-0.05, 0) is 38.0 Å². The molecule has 1 aliphatic carbocycles. The van der Waals surface area contributed by atoms with Gasteiger partial charge in [0.2, 0.25) is 5.91 Å². The molecular formula is C32H30N4O5. The molecule has 2 amide bonds. The zero-order valence-electron chi connectivity index (χ0n) is 22.8. The maximum atomic E-state index is 13.7. The zero-order valence-corrected chi connectivity index (χ0v) is 22.8. The van der Waals surface area contributed by atoms with Crippen molar-refractivity contribution in [2.45, 2.75) is 38.6 Å². The number of nitrogens with zero attached hydrogens (tertiary/aromatic N) is 1. The fourth-order valence-corrected chi connectivity index (χ4v) is 5.68. The fourth-order valence-electron chi connectivity index (χ4n) is 5.68. The van der Waals surface area contributed by atoms with Gasteiger partial charge in [0.15, 0.2) is 11.0 Å². The number of aromatic amines is 1. The van der Waals surface area contributed by atoms with Gasteiger partial charge < -0.3 is 19.8 Å². The Morgan fingerprint density at radius 3 is 2.66 bits per heavy atom. The molecule has 2 atom stereocenters. The standard InChI is InChI=1S/C32H30N4O5/c1-18-28(37)22-12-8-13-23(30(22)41-29(18)19-9-4-3-5-10-19)32(39)34-24-14-7-6-11-21(24)31(38)35-26-15-20-17-33-36-25(20)16-27(26)40-2/h3-5,8-10,12-13,15-17,21,24H,6-7,11,14H2,1-2H3,(H,33,36)(H,34,39)(H,35,38)/t21-,24+/m0/s1. The van der Waals surface area contributed by atoms with Crippen LogP contribution in [0.4, 0.5) is 5.69 Å². The third-order valence-electron chi connectivity index (χ3n) is 7.86. The smallest absolute Gasteiger partial charge is 0.255 e. The molecule has 3 aromatic carbocycles. The number of carbonyl (C=O) groups is 2. The van der Waals surface area contributed by atoms with Gasteiger partial charge in [-0.25, -0.2) is 0 Å². The minimum atomic E-state index is -0.443. The second kappa shape index (κ2) is 10.9. The van der Waals surface area contributed by atoms with E-state index < -0.39 is 5.92 Å². The van der Waals surface area contributed by atoms with E-state index in [-0.39, 0.29) is 34.4 Å². The van der Waals surface area contributed by atoms with Crippen LogP contribution in [0.25, 0.3) is 33.2 Å². The van der Waals surface area contributed by atoms with Crippen molar-refractivity contribution in [1.82, 2.24) is 15.5 Å². The number of fused-ring (bicyclic) bond motifs is 2. The Hall–Kier alpha value is -4.92. The molecule has 1 fully saturated rings. The lowest BCUT2D eigenvalue weighted by atomic mass is 9.83. The molecule has 0 unspecified atom stereocenters. The van der Waals surface area contributed by atoms with Crippen LogP contribution in [0.2, 0.25) is 0 Å². The Morgan fingerprint density at radius 2 is 1.85 bits per heavy atom. The van der Waals surface area contributed by atoms with Crippen molar-refractivity contribution in [2.24, 2.45) is 5.92 Å². The van der Waals surface area contributed by atoms with Crippen LogP contribution in [0, 0.1) is 12.8 Å². The zero-order chi connectivity index (χ0) is 28.5. The predicted octanol–water partition coefficient (Wildman–Crippen LogP) is 5.58. The summed E-state index contributed by atoms with van der Waals surface area (Å²) >= 11 is 0. The number of aromatic nitrogens is 2. The summed E-state index contributed by atoms with van der Waals surface area (Å²) in [5.41, 5.74) is 2.89. The van der Waals surface area contributed by atoms with Gasteiger partial charge in [0.05, 0.1) is 41.4 Å². The minimum Gasteiger partial charge on any atom is -0.494 e. The highest BCUT2D eigenvalue weighted by Crippen LogP contribution is 2.32. The summed E-state index contributed by atoms with van der Waals surface area (Å²) in [6, 6.07) is 17.6. The molecule has 9 heteroatoms. The van der Waals surface area contributed by atoms with Crippen LogP contribution < -0.4 is 20.8 Å². The van der Waals surface area contributed by atoms with E-state index in [1.54, 1.807) is 44.5 Å². The molecule has 6 rings (SSSR count). The lowest BCUT2D eigenvalue weighted by Crippen LogP contribution is -2.46. The lowest BCUT2D eigenvalue weighted by molar-refractivity contribution is -0.121. The van der Waals surface area contributed by atoms with Gasteiger partial charge in [-0.15, -0.1) is 0 Å². The van der Waals surface area contributed by atoms with Crippen LogP contribution in [-0.4, -0.2) is 35.2 Å². The topological polar surface area (TPSA) is 126 Å². The Morgan fingerprint density at radius 1 is 1.05 bits per heavy atom. The van der Waals surface area contributed by atoms with Crippen LogP contribution in [-0.2, 0) is 4.79 Å². The number of amides is 2. The molecule has 1 saturated carbocycles. The maximum Gasteiger partial charge on any atom is 0.255 e. The van der Waals surface area contributed by atoms with Crippen molar-refractivity contribution in [3.05, 3.63) is 88.2 Å². The first-order valence-electron chi connectivity index (χ1n) is 13.7. The Bertz CT molecular complexity index is 1830. The third-order valence-corrected chi connectivity index (χ3v) is 7.86. The minimum absolute atomic E-state index is 0.182. The highest BCUT2D eigenvalue weighted by Gasteiger charge is 2.33. The molecule has 2 aromatic heterocycles. The van der Waals surface area contributed by atoms with Gasteiger partial charge in [-0.3, -0.25) is 19.5 Å². The Balaban J connectivity index is 1.29. The summed E-state index contributed by atoms with van der Waals surface area (Å²) in [6.45, 7) is 1.73. The summed E-state index contributed by atoms with van der Waals surface area (Å²) < 4.78 is 11.7. The Kier molecular flexibility index (Phi) is 7.01. The van der Waals surface area contributed by atoms with E-state index in [2.05, 4.69) is 20.8 Å². The summed E-state index contributed by atoms with van der Waals surface area (Å²) in [4.78, 5) is 40.5.